The summed E-state index contributed by atoms with van der Waals surface area (Å²) in [5.74, 6) is -0.0653. The molecule has 0 radical (unpaired) electrons. The molecule has 1 fully saturated rings. The second kappa shape index (κ2) is 5.62. The fourth-order valence-corrected chi connectivity index (χ4v) is 2.16. The summed E-state index contributed by atoms with van der Waals surface area (Å²) in [6.07, 6.45) is 1.29. The Hall–Kier alpha value is -0.910. The highest BCUT2D eigenvalue weighted by atomic mass is 79.9. The molecular formula is C12H15BrN2O2. The summed E-state index contributed by atoms with van der Waals surface area (Å²) in [6, 6.07) is 7.75. The van der Waals surface area contributed by atoms with Crippen LogP contribution in [0.4, 0.5) is 5.69 Å². The monoisotopic (exact) mass is 298 g/mol. The van der Waals surface area contributed by atoms with Gasteiger partial charge in [-0.15, -0.1) is 0 Å². The number of aliphatic hydroxyl groups excluding tert-OH is 1. The second-order valence-corrected chi connectivity index (χ2v) is 5.18. The maximum Gasteiger partial charge on any atom is 0.238 e. The van der Waals surface area contributed by atoms with Gasteiger partial charge in [0.1, 0.15) is 0 Å². The third kappa shape index (κ3) is 3.80. The predicted octanol–water partition coefficient (Wildman–Crippen LogP) is 1.50. The molecule has 0 saturated heterocycles. The Labute approximate surface area is 109 Å². The summed E-state index contributed by atoms with van der Waals surface area (Å²) in [5.41, 5.74) is 0.778. The van der Waals surface area contributed by atoms with Crippen LogP contribution >= 0.6 is 15.9 Å². The number of benzene rings is 1. The Balaban J connectivity index is 1.73. The highest BCUT2D eigenvalue weighted by molar-refractivity contribution is 9.10. The van der Waals surface area contributed by atoms with E-state index in [2.05, 4.69) is 26.6 Å². The normalized spacial score (nSPS) is 22.9. The molecule has 0 aliphatic heterocycles. The van der Waals surface area contributed by atoms with Crippen molar-refractivity contribution in [2.75, 3.05) is 11.9 Å². The maximum absolute atomic E-state index is 11.6. The zero-order valence-corrected chi connectivity index (χ0v) is 10.9. The number of hydrogen-bond acceptors (Lipinski definition) is 3. The van der Waals surface area contributed by atoms with Crippen molar-refractivity contribution in [3.05, 3.63) is 28.7 Å². The standard InChI is InChI=1S/C12H15BrN2O2/c13-8-2-1-3-9(4-8)15-12(17)7-14-10-5-11(16)6-10/h1-4,10-11,14,16H,5-7H2,(H,15,17). The fraction of sp³-hybridized carbons (Fsp3) is 0.417. The summed E-state index contributed by atoms with van der Waals surface area (Å²) < 4.78 is 0.936. The average molecular weight is 299 g/mol. The first-order valence-electron chi connectivity index (χ1n) is 5.60. The summed E-state index contributed by atoms with van der Waals surface area (Å²) in [5, 5.41) is 15.0. The summed E-state index contributed by atoms with van der Waals surface area (Å²) in [4.78, 5) is 11.6. The molecule has 0 heterocycles. The molecule has 4 nitrogen and oxygen atoms in total. The van der Waals surface area contributed by atoms with Crippen LogP contribution in [-0.2, 0) is 4.79 Å². The van der Waals surface area contributed by atoms with Crippen molar-refractivity contribution in [2.45, 2.75) is 25.0 Å². The largest absolute Gasteiger partial charge is 0.393 e. The van der Waals surface area contributed by atoms with Crippen LogP contribution in [0.5, 0.6) is 0 Å². The van der Waals surface area contributed by atoms with Crippen molar-refractivity contribution in [2.24, 2.45) is 0 Å². The van der Waals surface area contributed by atoms with Crippen molar-refractivity contribution >= 4 is 27.5 Å². The SMILES string of the molecule is O=C(CNC1CC(O)C1)Nc1cccc(Br)c1. The lowest BCUT2D eigenvalue weighted by molar-refractivity contribution is -0.115. The summed E-state index contributed by atoms with van der Waals surface area (Å²) >= 11 is 3.35. The van der Waals surface area contributed by atoms with Gasteiger partial charge in [-0.05, 0) is 31.0 Å². The van der Waals surface area contributed by atoms with Crippen LogP contribution in [0.3, 0.4) is 0 Å². The van der Waals surface area contributed by atoms with E-state index in [1.165, 1.54) is 0 Å². The van der Waals surface area contributed by atoms with Crippen molar-refractivity contribution in [1.29, 1.82) is 0 Å². The Morgan fingerprint density at radius 3 is 2.88 bits per heavy atom. The van der Waals surface area contributed by atoms with Gasteiger partial charge in [-0.2, -0.15) is 0 Å². The number of anilines is 1. The van der Waals surface area contributed by atoms with Crippen LogP contribution in [0.2, 0.25) is 0 Å². The van der Waals surface area contributed by atoms with E-state index in [0.29, 0.717) is 0 Å². The first-order valence-corrected chi connectivity index (χ1v) is 6.39. The van der Waals surface area contributed by atoms with E-state index in [0.717, 1.165) is 23.0 Å². The van der Waals surface area contributed by atoms with Crippen LogP contribution in [0.25, 0.3) is 0 Å². The third-order valence-corrected chi connectivity index (χ3v) is 3.27. The minimum absolute atomic E-state index is 0.0653. The van der Waals surface area contributed by atoms with Crippen LogP contribution < -0.4 is 10.6 Å². The molecular weight excluding hydrogens is 284 g/mol. The molecule has 1 aromatic carbocycles. The molecule has 1 aliphatic carbocycles. The Bertz CT molecular complexity index is 405. The second-order valence-electron chi connectivity index (χ2n) is 4.26. The smallest absolute Gasteiger partial charge is 0.238 e. The number of carbonyl (C=O) groups excluding carboxylic acids is 1. The van der Waals surface area contributed by atoms with Crippen LogP contribution in [0.1, 0.15) is 12.8 Å². The van der Waals surface area contributed by atoms with Gasteiger partial charge in [-0.25, -0.2) is 0 Å². The molecule has 5 heteroatoms. The molecule has 0 atom stereocenters. The highest BCUT2D eigenvalue weighted by Crippen LogP contribution is 2.19. The molecule has 17 heavy (non-hydrogen) atoms. The van der Waals surface area contributed by atoms with Gasteiger partial charge in [0.25, 0.3) is 0 Å². The van der Waals surface area contributed by atoms with Gasteiger partial charge < -0.3 is 15.7 Å². The molecule has 92 valence electrons. The summed E-state index contributed by atoms with van der Waals surface area (Å²) in [6.45, 7) is 0.282. The quantitative estimate of drug-likeness (QED) is 0.789. The lowest BCUT2D eigenvalue weighted by Gasteiger charge is -2.31. The number of halogens is 1. The molecule has 1 aromatic rings. The molecule has 1 aliphatic rings. The minimum Gasteiger partial charge on any atom is -0.393 e. The molecule has 3 N–H and O–H groups in total. The third-order valence-electron chi connectivity index (χ3n) is 2.77. The van der Waals surface area contributed by atoms with Gasteiger partial charge in [-0.3, -0.25) is 4.79 Å². The summed E-state index contributed by atoms with van der Waals surface area (Å²) in [7, 11) is 0. The van der Waals surface area contributed by atoms with Crippen molar-refractivity contribution in [1.82, 2.24) is 5.32 Å². The van der Waals surface area contributed by atoms with Crippen LogP contribution in [0.15, 0.2) is 28.7 Å². The maximum atomic E-state index is 11.6. The number of hydrogen-bond donors (Lipinski definition) is 3. The minimum atomic E-state index is -0.194. The average Bonchev–Trinajstić information content (AvgIpc) is 2.23. The van der Waals surface area contributed by atoms with E-state index in [-0.39, 0.29) is 24.6 Å². The van der Waals surface area contributed by atoms with Gasteiger partial charge >= 0.3 is 0 Å². The van der Waals surface area contributed by atoms with E-state index < -0.39 is 0 Å². The van der Waals surface area contributed by atoms with Crippen molar-refractivity contribution < 1.29 is 9.90 Å². The lowest BCUT2D eigenvalue weighted by atomic mass is 9.89. The molecule has 0 aromatic heterocycles. The Morgan fingerprint density at radius 1 is 1.47 bits per heavy atom. The molecule has 0 bridgehead atoms. The molecule has 1 amide bonds. The van der Waals surface area contributed by atoms with Crippen LogP contribution in [0, 0.1) is 0 Å². The number of rotatable bonds is 4. The topological polar surface area (TPSA) is 61.4 Å². The first kappa shape index (κ1) is 12.5. The lowest BCUT2D eigenvalue weighted by Crippen LogP contribution is -2.46. The van der Waals surface area contributed by atoms with E-state index in [9.17, 15) is 4.79 Å². The van der Waals surface area contributed by atoms with Crippen LogP contribution in [-0.4, -0.2) is 29.7 Å². The zero-order chi connectivity index (χ0) is 12.3. The molecule has 0 spiro atoms. The Kier molecular flexibility index (Phi) is 4.15. The van der Waals surface area contributed by atoms with Gasteiger partial charge in [0.15, 0.2) is 0 Å². The van der Waals surface area contributed by atoms with E-state index in [1.807, 2.05) is 24.3 Å². The molecule has 0 unspecified atom stereocenters. The van der Waals surface area contributed by atoms with Crippen molar-refractivity contribution in [3.63, 3.8) is 0 Å². The first-order chi connectivity index (χ1) is 8.13. The zero-order valence-electron chi connectivity index (χ0n) is 9.32. The number of carbonyl (C=O) groups is 1. The van der Waals surface area contributed by atoms with E-state index >= 15 is 0 Å². The number of aliphatic hydroxyl groups is 1. The molecule has 1 saturated carbocycles. The van der Waals surface area contributed by atoms with Gasteiger partial charge in [-0.1, -0.05) is 22.0 Å². The van der Waals surface area contributed by atoms with Gasteiger partial charge in [0, 0.05) is 16.2 Å². The fourth-order valence-electron chi connectivity index (χ4n) is 1.76. The highest BCUT2D eigenvalue weighted by Gasteiger charge is 2.26. The van der Waals surface area contributed by atoms with Crippen molar-refractivity contribution in [3.8, 4) is 0 Å². The number of nitrogens with one attached hydrogen (secondary N) is 2. The number of amides is 1. The van der Waals surface area contributed by atoms with E-state index in [4.69, 9.17) is 5.11 Å². The van der Waals surface area contributed by atoms with Gasteiger partial charge in [0.2, 0.25) is 5.91 Å². The van der Waals surface area contributed by atoms with E-state index in [1.54, 1.807) is 0 Å². The Morgan fingerprint density at radius 2 is 2.24 bits per heavy atom. The predicted molar refractivity (Wildman–Crippen MR) is 69.8 cm³/mol. The van der Waals surface area contributed by atoms with Gasteiger partial charge in [0.05, 0.1) is 12.6 Å². The molecule has 2 rings (SSSR count).